The molecule has 0 aliphatic carbocycles. The van der Waals surface area contributed by atoms with E-state index < -0.39 is 5.97 Å². The number of benzene rings is 3. The van der Waals surface area contributed by atoms with Gasteiger partial charge in [0.1, 0.15) is 5.75 Å². The summed E-state index contributed by atoms with van der Waals surface area (Å²) in [5.74, 6) is 0.515. The third-order valence-electron chi connectivity index (χ3n) is 4.40. The van der Waals surface area contributed by atoms with Crippen molar-refractivity contribution < 1.29 is 23.8 Å². The fourth-order valence-electron chi connectivity index (χ4n) is 2.77. The van der Waals surface area contributed by atoms with Crippen LogP contribution in [0.1, 0.15) is 21.5 Å². The van der Waals surface area contributed by atoms with E-state index >= 15 is 0 Å². The van der Waals surface area contributed by atoms with Gasteiger partial charge in [0.05, 0.1) is 7.11 Å². The highest BCUT2D eigenvalue weighted by molar-refractivity contribution is 6.04. The summed E-state index contributed by atoms with van der Waals surface area (Å²) in [6.45, 7) is 3.63. The molecule has 0 saturated carbocycles. The number of carbonyl (C=O) groups is 2. The van der Waals surface area contributed by atoms with Crippen molar-refractivity contribution in [2.45, 2.75) is 13.8 Å². The van der Waals surface area contributed by atoms with Crippen molar-refractivity contribution in [2.75, 3.05) is 19.0 Å². The van der Waals surface area contributed by atoms with E-state index in [1.807, 2.05) is 38.1 Å². The lowest BCUT2D eigenvalue weighted by atomic mass is 10.1. The van der Waals surface area contributed by atoms with E-state index in [2.05, 4.69) is 5.32 Å². The number of amides is 1. The van der Waals surface area contributed by atoms with Crippen LogP contribution in [0.4, 0.5) is 5.69 Å². The van der Waals surface area contributed by atoms with E-state index in [9.17, 15) is 9.59 Å². The van der Waals surface area contributed by atoms with Crippen LogP contribution in [0.2, 0.25) is 0 Å². The molecule has 0 aromatic heterocycles. The second-order valence-electron chi connectivity index (χ2n) is 6.71. The van der Waals surface area contributed by atoms with Crippen molar-refractivity contribution in [3.63, 3.8) is 0 Å². The topological polar surface area (TPSA) is 73.9 Å². The highest BCUT2D eigenvalue weighted by atomic mass is 16.6. The molecule has 0 atom stereocenters. The lowest BCUT2D eigenvalue weighted by Gasteiger charge is -2.11. The first-order valence-corrected chi connectivity index (χ1v) is 9.41. The quantitative estimate of drug-likeness (QED) is 0.461. The van der Waals surface area contributed by atoms with Crippen LogP contribution in [0.5, 0.6) is 17.2 Å². The Kier molecular flexibility index (Phi) is 6.70. The van der Waals surface area contributed by atoms with E-state index in [-0.39, 0.29) is 12.5 Å². The Balaban J connectivity index is 1.56. The highest BCUT2D eigenvalue weighted by Gasteiger charge is 2.11. The van der Waals surface area contributed by atoms with Gasteiger partial charge in [-0.3, -0.25) is 4.79 Å². The average molecular weight is 405 g/mol. The molecule has 0 fully saturated rings. The standard InChI is InChI=1S/C24H23NO5/c1-16-8-9-17(2)20(14-16)25-24(27)18-10-12-19(13-11-18)30-23(26)15-29-22-7-5-4-6-21(22)28-3/h4-14H,15H2,1-3H3,(H,25,27). The van der Waals surface area contributed by atoms with E-state index in [0.29, 0.717) is 22.8 Å². The minimum atomic E-state index is -0.562. The van der Waals surface area contributed by atoms with Gasteiger partial charge in [0.2, 0.25) is 0 Å². The van der Waals surface area contributed by atoms with Crippen molar-refractivity contribution in [3.05, 3.63) is 83.4 Å². The second-order valence-corrected chi connectivity index (χ2v) is 6.71. The fourth-order valence-corrected chi connectivity index (χ4v) is 2.77. The molecule has 0 aliphatic heterocycles. The van der Waals surface area contributed by atoms with E-state index in [4.69, 9.17) is 14.2 Å². The lowest BCUT2D eigenvalue weighted by Crippen LogP contribution is -2.18. The van der Waals surface area contributed by atoms with Crippen LogP contribution in [0.15, 0.2) is 66.7 Å². The van der Waals surface area contributed by atoms with Gasteiger partial charge < -0.3 is 19.5 Å². The molecule has 3 aromatic rings. The first kappa shape index (κ1) is 20.9. The lowest BCUT2D eigenvalue weighted by molar-refractivity contribution is -0.136. The summed E-state index contributed by atoms with van der Waals surface area (Å²) in [4.78, 5) is 24.5. The summed E-state index contributed by atoms with van der Waals surface area (Å²) in [5.41, 5.74) is 3.27. The highest BCUT2D eigenvalue weighted by Crippen LogP contribution is 2.25. The molecule has 0 spiro atoms. The zero-order valence-corrected chi connectivity index (χ0v) is 17.1. The molecule has 0 radical (unpaired) electrons. The van der Waals surface area contributed by atoms with Crippen molar-refractivity contribution >= 4 is 17.6 Å². The summed E-state index contributed by atoms with van der Waals surface area (Å²) < 4.78 is 15.9. The molecule has 1 amide bonds. The Morgan fingerprint density at radius 1 is 0.900 bits per heavy atom. The maximum Gasteiger partial charge on any atom is 0.349 e. The SMILES string of the molecule is COc1ccccc1OCC(=O)Oc1ccc(C(=O)Nc2cc(C)ccc2C)cc1. The Bertz CT molecular complexity index is 1040. The molecular formula is C24H23NO5. The Morgan fingerprint density at radius 3 is 2.30 bits per heavy atom. The molecule has 1 N–H and O–H groups in total. The maximum absolute atomic E-state index is 12.5. The Morgan fingerprint density at radius 2 is 1.60 bits per heavy atom. The average Bonchev–Trinajstić information content (AvgIpc) is 2.75. The van der Waals surface area contributed by atoms with Crippen molar-refractivity contribution in [1.82, 2.24) is 0 Å². The Hall–Kier alpha value is -3.80. The molecule has 3 aromatic carbocycles. The number of para-hydroxylation sites is 2. The van der Waals surface area contributed by atoms with E-state index in [1.54, 1.807) is 42.5 Å². The summed E-state index contributed by atoms with van der Waals surface area (Å²) in [5, 5.41) is 2.90. The van der Waals surface area contributed by atoms with Crippen molar-refractivity contribution in [3.8, 4) is 17.2 Å². The Labute approximate surface area is 175 Å². The smallest absolute Gasteiger partial charge is 0.349 e. The van der Waals surface area contributed by atoms with Crippen LogP contribution < -0.4 is 19.5 Å². The third-order valence-corrected chi connectivity index (χ3v) is 4.40. The number of nitrogens with one attached hydrogen (secondary N) is 1. The van der Waals surface area contributed by atoms with Crippen LogP contribution in [-0.4, -0.2) is 25.6 Å². The summed E-state index contributed by atoms with van der Waals surface area (Å²) in [6.07, 6.45) is 0. The fraction of sp³-hybridized carbons (Fsp3) is 0.167. The number of aryl methyl sites for hydroxylation is 2. The van der Waals surface area contributed by atoms with Crippen molar-refractivity contribution in [1.29, 1.82) is 0 Å². The predicted molar refractivity (Wildman–Crippen MR) is 114 cm³/mol. The maximum atomic E-state index is 12.5. The monoisotopic (exact) mass is 405 g/mol. The molecule has 6 heteroatoms. The summed E-state index contributed by atoms with van der Waals surface area (Å²) in [6, 6.07) is 19.2. The van der Waals surface area contributed by atoms with Crippen molar-refractivity contribution in [2.24, 2.45) is 0 Å². The molecule has 0 heterocycles. The van der Waals surface area contributed by atoms with Crippen LogP contribution in [0.3, 0.4) is 0 Å². The first-order chi connectivity index (χ1) is 14.5. The van der Waals surface area contributed by atoms with E-state index in [1.165, 1.54) is 7.11 Å². The number of methoxy groups -OCH3 is 1. The summed E-state index contributed by atoms with van der Waals surface area (Å²) in [7, 11) is 1.53. The molecule has 154 valence electrons. The molecule has 0 unspecified atom stereocenters. The van der Waals surface area contributed by atoms with Crippen LogP contribution in [0.25, 0.3) is 0 Å². The van der Waals surface area contributed by atoms with Gasteiger partial charge in [0.15, 0.2) is 18.1 Å². The van der Waals surface area contributed by atoms with Gasteiger partial charge >= 0.3 is 5.97 Å². The van der Waals surface area contributed by atoms with Crippen LogP contribution in [0, 0.1) is 13.8 Å². The largest absolute Gasteiger partial charge is 0.493 e. The minimum absolute atomic E-state index is 0.235. The third kappa shape index (κ3) is 5.38. The normalized spacial score (nSPS) is 10.2. The van der Waals surface area contributed by atoms with Crippen LogP contribution >= 0.6 is 0 Å². The minimum Gasteiger partial charge on any atom is -0.493 e. The van der Waals surface area contributed by atoms with Gasteiger partial charge in [0.25, 0.3) is 5.91 Å². The molecule has 3 rings (SSSR count). The predicted octanol–water partition coefficient (Wildman–Crippen LogP) is 4.55. The first-order valence-electron chi connectivity index (χ1n) is 9.41. The van der Waals surface area contributed by atoms with Crippen LogP contribution in [-0.2, 0) is 4.79 Å². The molecule has 0 bridgehead atoms. The van der Waals surface area contributed by atoms with Gasteiger partial charge in [-0.1, -0.05) is 24.3 Å². The summed E-state index contributed by atoms with van der Waals surface area (Å²) >= 11 is 0. The molecule has 0 aliphatic rings. The van der Waals surface area contributed by atoms with Gasteiger partial charge in [-0.2, -0.15) is 0 Å². The number of ether oxygens (including phenoxy) is 3. The number of esters is 1. The van der Waals surface area contributed by atoms with Gasteiger partial charge in [-0.05, 0) is 67.4 Å². The van der Waals surface area contributed by atoms with Gasteiger partial charge in [-0.15, -0.1) is 0 Å². The number of hydrogen-bond acceptors (Lipinski definition) is 5. The van der Waals surface area contributed by atoms with E-state index in [0.717, 1.165) is 16.8 Å². The molecule has 0 saturated heterocycles. The van der Waals surface area contributed by atoms with Gasteiger partial charge in [-0.25, -0.2) is 4.79 Å². The molecule has 6 nitrogen and oxygen atoms in total. The number of anilines is 1. The number of rotatable bonds is 7. The zero-order valence-electron chi connectivity index (χ0n) is 17.1. The zero-order chi connectivity index (χ0) is 21.5. The second kappa shape index (κ2) is 9.60. The molecule has 30 heavy (non-hydrogen) atoms. The van der Waals surface area contributed by atoms with Gasteiger partial charge in [0, 0.05) is 11.3 Å². The number of carbonyl (C=O) groups excluding carboxylic acids is 2. The molecular weight excluding hydrogens is 382 g/mol. The number of hydrogen-bond donors (Lipinski definition) is 1.